The van der Waals surface area contributed by atoms with Gasteiger partial charge in [0, 0.05) is 23.9 Å². The molecule has 0 aromatic rings. The van der Waals surface area contributed by atoms with E-state index in [0.717, 1.165) is 32.1 Å². The third-order valence-electron chi connectivity index (χ3n) is 8.80. The number of Topliss-reactive ketones (excluding diaryl/α,β-unsaturated/α-hetero) is 1. The number of hydrogen-bond acceptors (Lipinski definition) is 3. The molecule has 142 valence electrons. The Morgan fingerprint density at radius 1 is 1.24 bits per heavy atom. The van der Waals surface area contributed by atoms with Gasteiger partial charge in [0.25, 0.3) is 0 Å². The van der Waals surface area contributed by atoms with Crippen LogP contribution in [0, 0.1) is 34.0 Å². The molecular weight excluding hydrogens is 312 g/mol. The van der Waals surface area contributed by atoms with E-state index in [0.29, 0.717) is 12.3 Å². The second kappa shape index (κ2) is 6.20. The highest BCUT2D eigenvalue weighted by atomic mass is 16.5. The molecule has 3 rings (SSSR count). The Labute approximate surface area is 153 Å². The lowest BCUT2D eigenvalue weighted by Crippen LogP contribution is -2.66. The number of ketones is 1. The number of ether oxygens (including phenoxy) is 1. The Balaban J connectivity index is 2.22. The lowest BCUT2D eigenvalue weighted by Gasteiger charge is -2.65. The first-order valence-electron chi connectivity index (χ1n) is 10.1. The normalized spacial score (nSPS) is 53.5. The van der Waals surface area contributed by atoms with E-state index < -0.39 is 11.5 Å². The number of aliphatic hydroxyl groups excluding tert-OH is 1. The van der Waals surface area contributed by atoms with Crippen molar-refractivity contribution in [2.45, 2.75) is 78.4 Å². The quantitative estimate of drug-likeness (QED) is 0.753. The number of allylic oxidation sites excluding steroid dienone is 1. The van der Waals surface area contributed by atoms with Crippen molar-refractivity contribution in [3.05, 3.63) is 12.7 Å². The number of aliphatic hydroxyl groups is 1. The van der Waals surface area contributed by atoms with Gasteiger partial charge in [-0.25, -0.2) is 0 Å². The van der Waals surface area contributed by atoms with Gasteiger partial charge in [0.15, 0.2) is 0 Å². The molecule has 0 radical (unpaired) electrons. The van der Waals surface area contributed by atoms with Gasteiger partial charge in [-0.1, -0.05) is 33.3 Å². The Morgan fingerprint density at radius 3 is 2.52 bits per heavy atom. The summed E-state index contributed by atoms with van der Waals surface area (Å²) in [5, 5.41) is 11.4. The first kappa shape index (κ1) is 19.1. The van der Waals surface area contributed by atoms with E-state index in [2.05, 4.69) is 27.4 Å². The van der Waals surface area contributed by atoms with Crippen LogP contribution in [0.3, 0.4) is 0 Å². The van der Waals surface area contributed by atoms with Crippen LogP contribution in [-0.4, -0.2) is 30.2 Å². The fourth-order valence-electron chi connectivity index (χ4n) is 6.88. The number of hydrogen-bond donors (Lipinski definition) is 1. The minimum absolute atomic E-state index is 0.0159. The largest absolute Gasteiger partial charge is 0.392 e. The minimum Gasteiger partial charge on any atom is -0.392 e. The van der Waals surface area contributed by atoms with Crippen molar-refractivity contribution in [2.75, 3.05) is 7.11 Å². The highest BCUT2D eigenvalue weighted by Crippen LogP contribution is 2.66. The van der Waals surface area contributed by atoms with Crippen LogP contribution in [0.2, 0.25) is 0 Å². The average Bonchev–Trinajstić information content (AvgIpc) is 2.62. The molecule has 3 nitrogen and oxygen atoms in total. The van der Waals surface area contributed by atoms with Gasteiger partial charge in [-0.15, -0.1) is 6.58 Å². The molecule has 0 heterocycles. The molecule has 0 saturated heterocycles. The van der Waals surface area contributed by atoms with Crippen LogP contribution in [0.25, 0.3) is 0 Å². The van der Waals surface area contributed by atoms with Crippen molar-refractivity contribution in [1.29, 1.82) is 0 Å². The fraction of sp³-hybridized carbons (Fsp3) is 0.864. The van der Waals surface area contributed by atoms with Crippen molar-refractivity contribution in [3.63, 3.8) is 0 Å². The van der Waals surface area contributed by atoms with E-state index >= 15 is 0 Å². The summed E-state index contributed by atoms with van der Waals surface area (Å²) in [6.45, 7) is 12.6. The predicted molar refractivity (Wildman–Crippen MR) is 100 cm³/mol. The molecular formula is C22H36O3. The van der Waals surface area contributed by atoms with Gasteiger partial charge in [-0.2, -0.15) is 0 Å². The summed E-state index contributed by atoms with van der Waals surface area (Å²) in [7, 11) is 1.80. The van der Waals surface area contributed by atoms with Crippen LogP contribution in [0.4, 0.5) is 0 Å². The molecule has 3 aliphatic carbocycles. The molecule has 0 aliphatic heterocycles. The molecule has 0 aromatic carbocycles. The molecule has 3 fully saturated rings. The van der Waals surface area contributed by atoms with Gasteiger partial charge in [0.2, 0.25) is 0 Å². The lowest BCUT2D eigenvalue weighted by molar-refractivity contribution is -0.222. The third-order valence-corrected chi connectivity index (χ3v) is 8.80. The zero-order chi connectivity index (χ0) is 18.6. The van der Waals surface area contributed by atoms with Crippen molar-refractivity contribution < 1.29 is 14.6 Å². The van der Waals surface area contributed by atoms with Crippen LogP contribution in [-0.2, 0) is 9.53 Å². The highest BCUT2D eigenvalue weighted by molar-refractivity contribution is 5.89. The first-order chi connectivity index (χ1) is 11.7. The second-order valence-corrected chi connectivity index (χ2v) is 9.61. The summed E-state index contributed by atoms with van der Waals surface area (Å²) in [6.07, 6.45) is 7.27. The van der Waals surface area contributed by atoms with Crippen LogP contribution < -0.4 is 0 Å². The Morgan fingerprint density at radius 2 is 1.92 bits per heavy atom. The van der Waals surface area contributed by atoms with Crippen molar-refractivity contribution in [1.82, 2.24) is 0 Å². The Hall–Kier alpha value is -0.670. The minimum atomic E-state index is -0.644. The molecule has 3 aliphatic rings. The predicted octanol–water partition coefficient (Wildman–Crippen LogP) is 4.39. The molecule has 0 aromatic heterocycles. The van der Waals surface area contributed by atoms with E-state index in [4.69, 9.17) is 4.74 Å². The zero-order valence-corrected chi connectivity index (χ0v) is 16.7. The van der Waals surface area contributed by atoms with Crippen molar-refractivity contribution >= 4 is 5.78 Å². The van der Waals surface area contributed by atoms with E-state index in [9.17, 15) is 9.90 Å². The Kier molecular flexibility index (Phi) is 4.73. The maximum Gasteiger partial charge on any atom is 0.145 e. The SMILES string of the molecule is C=C[C@]1(C)CC(O)[C@]2(C)C(C)CC[C@]3(CCCC(OC)C23)[C@@H](C)C1=O. The number of carbonyl (C=O) groups excluding carboxylic acids is 1. The van der Waals surface area contributed by atoms with Crippen LogP contribution in [0.15, 0.2) is 12.7 Å². The smallest absolute Gasteiger partial charge is 0.145 e. The molecule has 0 spiro atoms. The van der Waals surface area contributed by atoms with Gasteiger partial charge in [-0.3, -0.25) is 4.79 Å². The Bertz CT molecular complexity index is 557. The number of carbonyl (C=O) groups is 1. The molecule has 3 heteroatoms. The van der Waals surface area contributed by atoms with Crippen molar-refractivity contribution in [2.24, 2.45) is 34.0 Å². The van der Waals surface area contributed by atoms with Crippen LogP contribution in [0.5, 0.6) is 0 Å². The summed E-state index contributed by atoms with van der Waals surface area (Å²) >= 11 is 0. The highest BCUT2D eigenvalue weighted by Gasteiger charge is 2.65. The van der Waals surface area contributed by atoms with E-state index in [-0.39, 0.29) is 34.6 Å². The molecule has 0 amide bonds. The zero-order valence-electron chi connectivity index (χ0n) is 16.7. The van der Waals surface area contributed by atoms with Crippen LogP contribution >= 0.6 is 0 Å². The van der Waals surface area contributed by atoms with Gasteiger partial charge < -0.3 is 9.84 Å². The molecule has 1 N–H and O–H groups in total. The topological polar surface area (TPSA) is 46.5 Å². The molecule has 4 unspecified atom stereocenters. The summed E-state index contributed by atoms with van der Waals surface area (Å²) in [5.74, 6) is 0.911. The standard InChI is InChI=1S/C22H36O3/c1-7-20(4)13-17(23)21(5)14(2)10-12-22(15(3)19(20)24)11-8-9-16(25-6)18(21)22/h7,14-18,23H,1,8-13H2,2-6H3/t14?,15-,16?,17?,18?,20+,21-,22+/m0/s1. The maximum atomic E-state index is 13.5. The summed E-state index contributed by atoms with van der Waals surface area (Å²) in [4.78, 5) is 13.5. The monoisotopic (exact) mass is 348 g/mol. The van der Waals surface area contributed by atoms with Gasteiger partial charge >= 0.3 is 0 Å². The van der Waals surface area contributed by atoms with E-state index in [1.807, 2.05) is 6.92 Å². The summed E-state index contributed by atoms with van der Waals surface area (Å²) in [5.41, 5.74) is -0.920. The average molecular weight is 349 g/mol. The summed E-state index contributed by atoms with van der Waals surface area (Å²) in [6, 6.07) is 0. The number of methoxy groups -OCH3 is 1. The first-order valence-corrected chi connectivity index (χ1v) is 10.1. The second-order valence-electron chi connectivity index (χ2n) is 9.61. The van der Waals surface area contributed by atoms with E-state index in [1.165, 1.54) is 0 Å². The maximum absolute atomic E-state index is 13.5. The number of rotatable bonds is 2. The van der Waals surface area contributed by atoms with Gasteiger partial charge in [0.1, 0.15) is 5.78 Å². The third kappa shape index (κ3) is 2.41. The molecule has 25 heavy (non-hydrogen) atoms. The van der Waals surface area contributed by atoms with Crippen LogP contribution in [0.1, 0.15) is 66.2 Å². The van der Waals surface area contributed by atoms with Gasteiger partial charge in [0.05, 0.1) is 12.2 Å². The van der Waals surface area contributed by atoms with Gasteiger partial charge in [-0.05, 0) is 56.3 Å². The fourth-order valence-corrected chi connectivity index (χ4v) is 6.88. The van der Waals surface area contributed by atoms with E-state index in [1.54, 1.807) is 13.2 Å². The molecule has 3 saturated carbocycles. The lowest BCUT2D eigenvalue weighted by atomic mass is 9.40. The summed E-state index contributed by atoms with van der Waals surface area (Å²) < 4.78 is 5.97. The molecule has 2 bridgehead atoms. The molecule has 8 atom stereocenters. The van der Waals surface area contributed by atoms with Crippen molar-refractivity contribution in [3.8, 4) is 0 Å².